The molecule has 3 heteroatoms. The fourth-order valence-electron chi connectivity index (χ4n) is 1.21. The normalized spacial score (nSPS) is 13.7. The molecule has 0 aliphatic rings. The smallest absolute Gasteiger partial charge is 0.0884 e. The van der Waals surface area contributed by atoms with E-state index < -0.39 is 0 Å². The molecule has 0 spiro atoms. The van der Waals surface area contributed by atoms with Gasteiger partial charge in [-0.25, -0.2) is 0 Å². The van der Waals surface area contributed by atoms with Gasteiger partial charge in [0.2, 0.25) is 0 Å². The molecule has 0 amide bonds. The van der Waals surface area contributed by atoms with Gasteiger partial charge in [-0.3, -0.25) is 0 Å². The Balaban J connectivity index is 2.71. The second-order valence-electron chi connectivity index (χ2n) is 3.75. The molecule has 0 saturated heterocycles. The molecular formula is C10H15BrOS. The van der Waals surface area contributed by atoms with Gasteiger partial charge in [-0.1, -0.05) is 13.8 Å². The molecule has 1 heterocycles. The third-order valence-electron chi connectivity index (χ3n) is 1.90. The lowest BCUT2D eigenvalue weighted by molar-refractivity contribution is 0.154. The van der Waals surface area contributed by atoms with Crippen molar-refractivity contribution >= 4 is 27.3 Å². The lowest BCUT2D eigenvalue weighted by Gasteiger charge is -2.10. The molecule has 0 aromatic carbocycles. The average molecular weight is 263 g/mol. The Morgan fingerprint density at radius 1 is 1.54 bits per heavy atom. The number of aliphatic hydroxyl groups excluding tert-OH is 1. The van der Waals surface area contributed by atoms with Crippen LogP contribution in [0, 0.1) is 12.8 Å². The monoisotopic (exact) mass is 262 g/mol. The second kappa shape index (κ2) is 4.58. The Hall–Kier alpha value is 0.140. The summed E-state index contributed by atoms with van der Waals surface area (Å²) in [6.07, 6.45) is 0.543. The van der Waals surface area contributed by atoms with Crippen LogP contribution in [0.3, 0.4) is 0 Å². The van der Waals surface area contributed by atoms with Crippen molar-refractivity contribution in [1.29, 1.82) is 0 Å². The Labute approximate surface area is 91.9 Å². The van der Waals surface area contributed by atoms with Crippen molar-refractivity contribution < 1.29 is 5.11 Å². The van der Waals surface area contributed by atoms with Crippen LogP contribution < -0.4 is 0 Å². The number of rotatable bonds is 3. The van der Waals surface area contributed by atoms with Crippen LogP contribution >= 0.6 is 27.3 Å². The SMILES string of the molecule is Cc1cc(C(O)CC(C)C)sc1Br. The van der Waals surface area contributed by atoms with E-state index in [1.807, 2.05) is 6.92 Å². The van der Waals surface area contributed by atoms with Crippen LogP contribution in [0.15, 0.2) is 9.85 Å². The minimum absolute atomic E-state index is 0.296. The lowest BCUT2D eigenvalue weighted by Crippen LogP contribution is -1.99. The first-order chi connectivity index (χ1) is 6.00. The molecule has 74 valence electrons. The van der Waals surface area contributed by atoms with Gasteiger partial charge in [0.15, 0.2) is 0 Å². The molecule has 1 aromatic heterocycles. The maximum atomic E-state index is 9.82. The summed E-state index contributed by atoms with van der Waals surface area (Å²) >= 11 is 5.09. The van der Waals surface area contributed by atoms with Gasteiger partial charge in [-0.2, -0.15) is 0 Å². The molecule has 0 bridgehead atoms. The van der Waals surface area contributed by atoms with Crippen LogP contribution in [-0.4, -0.2) is 5.11 Å². The highest BCUT2D eigenvalue weighted by Crippen LogP contribution is 2.33. The van der Waals surface area contributed by atoms with Gasteiger partial charge in [0.05, 0.1) is 9.89 Å². The highest BCUT2D eigenvalue weighted by Gasteiger charge is 2.13. The van der Waals surface area contributed by atoms with E-state index in [4.69, 9.17) is 0 Å². The van der Waals surface area contributed by atoms with Crippen molar-refractivity contribution in [3.05, 3.63) is 20.3 Å². The molecule has 1 unspecified atom stereocenters. The van der Waals surface area contributed by atoms with Crippen molar-refractivity contribution in [2.45, 2.75) is 33.3 Å². The maximum Gasteiger partial charge on any atom is 0.0884 e. The first-order valence-corrected chi connectivity index (χ1v) is 6.05. The van der Waals surface area contributed by atoms with Gasteiger partial charge in [0.1, 0.15) is 0 Å². The Kier molecular flexibility index (Phi) is 3.95. The molecule has 0 aliphatic carbocycles. The fourth-order valence-corrected chi connectivity index (χ4v) is 2.78. The van der Waals surface area contributed by atoms with E-state index in [1.54, 1.807) is 11.3 Å². The number of hydrogen-bond donors (Lipinski definition) is 1. The van der Waals surface area contributed by atoms with Gasteiger partial charge in [0.25, 0.3) is 0 Å². The average Bonchev–Trinajstić information content (AvgIpc) is 2.31. The molecule has 0 aliphatic heterocycles. The standard InChI is InChI=1S/C10H15BrOS/c1-6(2)4-8(12)9-5-7(3)10(11)13-9/h5-6,8,12H,4H2,1-3H3. The molecule has 1 rings (SSSR count). The lowest BCUT2D eigenvalue weighted by atomic mass is 10.0. The van der Waals surface area contributed by atoms with Crippen molar-refractivity contribution in [2.24, 2.45) is 5.92 Å². The molecule has 0 radical (unpaired) electrons. The largest absolute Gasteiger partial charge is 0.388 e. The summed E-state index contributed by atoms with van der Waals surface area (Å²) in [6.45, 7) is 6.30. The predicted octanol–water partition coefficient (Wildman–Crippen LogP) is 3.90. The first kappa shape index (κ1) is 11.2. The predicted molar refractivity (Wildman–Crippen MR) is 61.2 cm³/mol. The Morgan fingerprint density at radius 2 is 2.15 bits per heavy atom. The van der Waals surface area contributed by atoms with Crippen LogP contribution in [0.4, 0.5) is 0 Å². The van der Waals surface area contributed by atoms with Crippen molar-refractivity contribution in [3.63, 3.8) is 0 Å². The van der Waals surface area contributed by atoms with E-state index in [9.17, 15) is 5.11 Å². The van der Waals surface area contributed by atoms with E-state index in [1.165, 1.54) is 5.56 Å². The first-order valence-electron chi connectivity index (χ1n) is 4.44. The zero-order valence-corrected chi connectivity index (χ0v) is 10.6. The van der Waals surface area contributed by atoms with E-state index in [-0.39, 0.29) is 6.10 Å². The summed E-state index contributed by atoms with van der Waals surface area (Å²) in [5.74, 6) is 0.538. The Morgan fingerprint density at radius 3 is 2.54 bits per heavy atom. The Bertz CT molecular complexity index is 261. The molecule has 1 nitrogen and oxygen atoms in total. The third-order valence-corrected chi connectivity index (χ3v) is 4.14. The topological polar surface area (TPSA) is 20.2 Å². The number of thiophene rings is 1. The van der Waals surface area contributed by atoms with Crippen molar-refractivity contribution in [2.75, 3.05) is 0 Å². The molecule has 0 fully saturated rings. The summed E-state index contributed by atoms with van der Waals surface area (Å²) in [5, 5.41) is 9.82. The van der Waals surface area contributed by atoms with E-state index in [0.29, 0.717) is 5.92 Å². The number of hydrogen-bond acceptors (Lipinski definition) is 2. The fraction of sp³-hybridized carbons (Fsp3) is 0.600. The second-order valence-corrected chi connectivity index (χ2v) is 6.15. The molecule has 0 saturated carbocycles. The summed E-state index contributed by atoms with van der Waals surface area (Å²) < 4.78 is 1.13. The van der Waals surface area contributed by atoms with Crippen LogP contribution in [-0.2, 0) is 0 Å². The highest BCUT2D eigenvalue weighted by atomic mass is 79.9. The minimum atomic E-state index is -0.296. The van der Waals surface area contributed by atoms with Gasteiger partial charge >= 0.3 is 0 Å². The molecular weight excluding hydrogens is 248 g/mol. The molecule has 1 N–H and O–H groups in total. The summed E-state index contributed by atoms with van der Waals surface area (Å²) in [4.78, 5) is 1.07. The molecule has 13 heavy (non-hydrogen) atoms. The van der Waals surface area contributed by atoms with Gasteiger partial charge in [0, 0.05) is 4.88 Å². The van der Waals surface area contributed by atoms with Crippen LogP contribution in [0.1, 0.15) is 36.8 Å². The van der Waals surface area contributed by atoms with Gasteiger partial charge in [-0.15, -0.1) is 11.3 Å². The van der Waals surface area contributed by atoms with Crippen LogP contribution in [0.2, 0.25) is 0 Å². The maximum absolute atomic E-state index is 9.82. The van der Waals surface area contributed by atoms with Crippen LogP contribution in [0.5, 0.6) is 0 Å². The number of aryl methyl sites for hydroxylation is 1. The number of aliphatic hydroxyl groups is 1. The highest BCUT2D eigenvalue weighted by molar-refractivity contribution is 9.11. The van der Waals surface area contributed by atoms with E-state index >= 15 is 0 Å². The van der Waals surface area contributed by atoms with E-state index in [2.05, 4.69) is 35.8 Å². The van der Waals surface area contributed by atoms with Gasteiger partial charge < -0.3 is 5.11 Å². The summed E-state index contributed by atoms with van der Waals surface area (Å²) in [7, 11) is 0. The number of halogens is 1. The van der Waals surface area contributed by atoms with Crippen LogP contribution in [0.25, 0.3) is 0 Å². The quantitative estimate of drug-likeness (QED) is 0.876. The molecule has 1 atom stereocenters. The third kappa shape index (κ3) is 3.08. The summed E-state index contributed by atoms with van der Waals surface area (Å²) in [5.41, 5.74) is 1.21. The van der Waals surface area contributed by atoms with Crippen molar-refractivity contribution in [1.82, 2.24) is 0 Å². The zero-order valence-electron chi connectivity index (χ0n) is 8.17. The van der Waals surface area contributed by atoms with Crippen molar-refractivity contribution in [3.8, 4) is 0 Å². The minimum Gasteiger partial charge on any atom is -0.388 e. The van der Waals surface area contributed by atoms with E-state index in [0.717, 1.165) is 15.1 Å². The zero-order chi connectivity index (χ0) is 10.0. The summed E-state index contributed by atoms with van der Waals surface area (Å²) in [6, 6.07) is 2.06. The van der Waals surface area contributed by atoms with Gasteiger partial charge in [-0.05, 0) is 46.8 Å². The molecule has 1 aromatic rings.